The molecule has 1 aromatic heterocycles. The predicted octanol–water partition coefficient (Wildman–Crippen LogP) is 5.55. The van der Waals surface area contributed by atoms with E-state index < -0.39 is 0 Å². The van der Waals surface area contributed by atoms with Gasteiger partial charge < -0.3 is 4.74 Å². The molecule has 3 aromatic rings. The zero-order valence-corrected chi connectivity index (χ0v) is 16.4. The van der Waals surface area contributed by atoms with Crippen molar-refractivity contribution in [3.8, 4) is 11.4 Å². The smallest absolute Gasteiger partial charge is 0.200 e. The summed E-state index contributed by atoms with van der Waals surface area (Å²) in [4.78, 5) is 0. The van der Waals surface area contributed by atoms with Gasteiger partial charge in [0.1, 0.15) is 17.4 Å². The SMILES string of the molecule is CCOc1ccccc1-n1c(CSCc2ccc(F)cc2Cl)n[nH]c1=S. The number of H-pyrrole nitrogens is 1. The number of nitrogens with zero attached hydrogens (tertiary/aromatic N) is 2. The number of para-hydroxylation sites is 2. The van der Waals surface area contributed by atoms with Crippen LogP contribution < -0.4 is 4.74 Å². The molecule has 0 radical (unpaired) electrons. The number of thioether (sulfide) groups is 1. The van der Waals surface area contributed by atoms with Gasteiger partial charge in [-0.3, -0.25) is 9.67 Å². The summed E-state index contributed by atoms with van der Waals surface area (Å²) in [5.41, 5.74) is 1.73. The fourth-order valence-corrected chi connectivity index (χ4v) is 4.00. The van der Waals surface area contributed by atoms with E-state index in [1.54, 1.807) is 17.8 Å². The Morgan fingerprint density at radius 1 is 1.27 bits per heavy atom. The minimum atomic E-state index is -0.336. The van der Waals surface area contributed by atoms with E-state index in [2.05, 4.69) is 10.2 Å². The van der Waals surface area contributed by atoms with Gasteiger partial charge in [0, 0.05) is 10.8 Å². The van der Waals surface area contributed by atoms with Crippen molar-refractivity contribution in [3.05, 3.63) is 69.5 Å². The molecule has 1 heterocycles. The van der Waals surface area contributed by atoms with Gasteiger partial charge >= 0.3 is 0 Å². The molecule has 26 heavy (non-hydrogen) atoms. The minimum absolute atomic E-state index is 0.336. The first-order chi connectivity index (χ1) is 12.6. The molecule has 0 atom stereocenters. The Bertz CT molecular complexity index is 958. The summed E-state index contributed by atoms with van der Waals surface area (Å²) < 4.78 is 21.2. The molecule has 136 valence electrons. The molecule has 0 bridgehead atoms. The molecule has 8 heteroatoms. The lowest BCUT2D eigenvalue weighted by Crippen LogP contribution is -2.04. The molecular weight excluding hydrogens is 393 g/mol. The standard InChI is InChI=1S/C18H17ClFN3OS2/c1-2-24-16-6-4-3-5-15(16)23-17(21-22-18(23)25)11-26-10-12-7-8-13(20)9-14(12)19/h3-9H,2,10-11H2,1H3,(H,22,25). The Balaban J connectivity index is 1.79. The van der Waals surface area contributed by atoms with Gasteiger partial charge in [-0.05, 0) is 49.0 Å². The monoisotopic (exact) mass is 409 g/mol. The van der Waals surface area contributed by atoms with Gasteiger partial charge in [0.25, 0.3) is 0 Å². The molecule has 1 N–H and O–H groups in total. The highest BCUT2D eigenvalue weighted by Gasteiger charge is 2.13. The molecule has 0 aliphatic heterocycles. The van der Waals surface area contributed by atoms with Gasteiger partial charge in [-0.25, -0.2) is 4.39 Å². The van der Waals surface area contributed by atoms with Crippen molar-refractivity contribution < 1.29 is 9.13 Å². The zero-order valence-electron chi connectivity index (χ0n) is 14.0. The van der Waals surface area contributed by atoms with Crippen molar-refractivity contribution >= 4 is 35.6 Å². The second-order valence-corrected chi connectivity index (χ2v) is 7.19. The molecular formula is C18H17ClFN3OS2. The average Bonchev–Trinajstić information content (AvgIpc) is 2.98. The largest absolute Gasteiger partial charge is 0.492 e. The Hall–Kier alpha value is -1.83. The van der Waals surface area contributed by atoms with E-state index in [0.717, 1.165) is 22.8 Å². The van der Waals surface area contributed by atoms with Crippen molar-refractivity contribution in [1.29, 1.82) is 0 Å². The van der Waals surface area contributed by atoms with Gasteiger partial charge in [-0.2, -0.15) is 5.10 Å². The summed E-state index contributed by atoms with van der Waals surface area (Å²) in [6.07, 6.45) is 0. The summed E-state index contributed by atoms with van der Waals surface area (Å²) >= 11 is 13.1. The molecule has 2 aromatic carbocycles. The summed E-state index contributed by atoms with van der Waals surface area (Å²) in [5, 5.41) is 7.61. The summed E-state index contributed by atoms with van der Waals surface area (Å²) in [6.45, 7) is 2.50. The average molecular weight is 410 g/mol. The van der Waals surface area contributed by atoms with E-state index in [4.69, 9.17) is 28.6 Å². The van der Waals surface area contributed by atoms with Crippen LogP contribution in [0.1, 0.15) is 18.3 Å². The van der Waals surface area contributed by atoms with Gasteiger partial charge in [-0.15, -0.1) is 11.8 Å². The first-order valence-electron chi connectivity index (χ1n) is 8.00. The summed E-state index contributed by atoms with van der Waals surface area (Å²) in [7, 11) is 0. The lowest BCUT2D eigenvalue weighted by molar-refractivity contribution is 0.339. The maximum atomic E-state index is 13.1. The highest BCUT2D eigenvalue weighted by Crippen LogP contribution is 2.27. The predicted molar refractivity (Wildman–Crippen MR) is 106 cm³/mol. The Morgan fingerprint density at radius 3 is 2.85 bits per heavy atom. The van der Waals surface area contributed by atoms with Gasteiger partial charge in [0.05, 0.1) is 18.0 Å². The Morgan fingerprint density at radius 2 is 2.08 bits per heavy atom. The van der Waals surface area contributed by atoms with E-state index in [0.29, 0.717) is 27.9 Å². The van der Waals surface area contributed by atoms with Crippen LogP contribution in [0.4, 0.5) is 4.39 Å². The first kappa shape index (κ1) is 18.9. The summed E-state index contributed by atoms with van der Waals surface area (Å²) in [5.74, 6) is 2.45. The van der Waals surface area contributed by atoms with Gasteiger partial charge in [0.2, 0.25) is 0 Å². The molecule has 0 saturated heterocycles. The van der Waals surface area contributed by atoms with Crippen molar-refractivity contribution in [2.75, 3.05) is 6.61 Å². The maximum absolute atomic E-state index is 13.1. The van der Waals surface area contributed by atoms with Crippen molar-refractivity contribution in [2.45, 2.75) is 18.4 Å². The second-order valence-electron chi connectivity index (χ2n) is 5.41. The number of ether oxygens (including phenoxy) is 1. The van der Waals surface area contributed by atoms with E-state index in [9.17, 15) is 4.39 Å². The van der Waals surface area contributed by atoms with E-state index >= 15 is 0 Å². The molecule has 0 fully saturated rings. The first-order valence-corrected chi connectivity index (χ1v) is 9.94. The van der Waals surface area contributed by atoms with Crippen LogP contribution in [-0.2, 0) is 11.5 Å². The van der Waals surface area contributed by atoms with Crippen LogP contribution in [0.2, 0.25) is 5.02 Å². The molecule has 0 aliphatic rings. The van der Waals surface area contributed by atoms with E-state index in [-0.39, 0.29) is 5.82 Å². The van der Waals surface area contributed by atoms with Crippen LogP contribution in [0, 0.1) is 10.6 Å². The maximum Gasteiger partial charge on any atom is 0.200 e. The Kier molecular flexibility index (Phi) is 6.34. The zero-order chi connectivity index (χ0) is 18.5. The Labute approximate surface area is 165 Å². The topological polar surface area (TPSA) is 42.8 Å². The van der Waals surface area contributed by atoms with Gasteiger partial charge in [-0.1, -0.05) is 29.8 Å². The summed E-state index contributed by atoms with van der Waals surface area (Å²) in [6, 6.07) is 12.1. The van der Waals surface area contributed by atoms with Crippen molar-refractivity contribution in [1.82, 2.24) is 14.8 Å². The third-order valence-corrected chi connectivity index (χ3v) is 5.25. The van der Waals surface area contributed by atoms with Crippen molar-refractivity contribution in [2.24, 2.45) is 0 Å². The van der Waals surface area contributed by atoms with E-state index in [1.165, 1.54) is 12.1 Å². The molecule has 4 nitrogen and oxygen atoms in total. The van der Waals surface area contributed by atoms with Crippen LogP contribution >= 0.6 is 35.6 Å². The number of aromatic amines is 1. The lowest BCUT2D eigenvalue weighted by atomic mass is 10.2. The molecule has 0 spiro atoms. The lowest BCUT2D eigenvalue weighted by Gasteiger charge is -2.12. The quantitative estimate of drug-likeness (QED) is 0.519. The fourth-order valence-electron chi connectivity index (χ4n) is 2.49. The molecule has 0 unspecified atom stereocenters. The highest BCUT2D eigenvalue weighted by molar-refractivity contribution is 7.97. The third-order valence-electron chi connectivity index (χ3n) is 3.65. The second kappa shape index (κ2) is 8.70. The number of nitrogens with one attached hydrogen (secondary N) is 1. The minimum Gasteiger partial charge on any atom is -0.492 e. The number of hydrogen-bond donors (Lipinski definition) is 1. The van der Waals surface area contributed by atoms with Crippen molar-refractivity contribution in [3.63, 3.8) is 0 Å². The number of rotatable bonds is 7. The third kappa shape index (κ3) is 4.28. The number of aromatic nitrogens is 3. The van der Waals surface area contributed by atoms with Crippen LogP contribution in [-0.4, -0.2) is 21.4 Å². The highest BCUT2D eigenvalue weighted by atomic mass is 35.5. The molecule has 3 rings (SSSR count). The molecule has 0 saturated carbocycles. The van der Waals surface area contributed by atoms with Gasteiger partial charge in [0.15, 0.2) is 4.77 Å². The van der Waals surface area contributed by atoms with Crippen LogP contribution in [0.5, 0.6) is 5.75 Å². The molecule has 0 amide bonds. The van der Waals surface area contributed by atoms with Crippen LogP contribution in [0.25, 0.3) is 5.69 Å². The number of benzene rings is 2. The number of hydrogen-bond acceptors (Lipinski definition) is 4. The molecule has 0 aliphatic carbocycles. The van der Waals surface area contributed by atoms with E-state index in [1.807, 2.05) is 35.8 Å². The van der Waals surface area contributed by atoms with Crippen LogP contribution in [0.3, 0.4) is 0 Å². The normalized spacial score (nSPS) is 10.9. The fraction of sp³-hybridized carbons (Fsp3) is 0.222. The van der Waals surface area contributed by atoms with Crippen LogP contribution in [0.15, 0.2) is 42.5 Å². The number of halogens is 2.